The maximum Gasteiger partial charge on any atom is 0.144 e. The largest absolute Gasteiger partial charge is 0.455 e. The van der Waals surface area contributed by atoms with Gasteiger partial charge in [-0.15, -0.1) is 11.3 Å². The number of rotatable bonds is 2. The highest BCUT2D eigenvalue weighted by Crippen LogP contribution is 2.39. The van der Waals surface area contributed by atoms with Crippen LogP contribution in [0.4, 0.5) is 0 Å². The van der Waals surface area contributed by atoms with Crippen molar-refractivity contribution in [1.29, 1.82) is 0 Å². The summed E-state index contributed by atoms with van der Waals surface area (Å²) in [5.41, 5.74) is 11.4. The van der Waals surface area contributed by atoms with E-state index in [1.54, 1.807) is 11.3 Å². The van der Waals surface area contributed by atoms with Gasteiger partial charge in [0.15, 0.2) is 0 Å². The number of thiophene rings is 1. The van der Waals surface area contributed by atoms with Gasteiger partial charge in [-0.1, -0.05) is 30.3 Å². The van der Waals surface area contributed by atoms with Gasteiger partial charge in [0.05, 0.1) is 5.69 Å². The molecule has 0 amide bonds. The van der Waals surface area contributed by atoms with Crippen LogP contribution in [-0.4, -0.2) is 4.98 Å². The second kappa shape index (κ2) is 7.04. The highest BCUT2D eigenvalue weighted by molar-refractivity contribution is 7.17. The lowest BCUT2D eigenvalue weighted by Gasteiger charge is -2.13. The zero-order valence-electron chi connectivity index (χ0n) is 18.6. The van der Waals surface area contributed by atoms with E-state index >= 15 is 0 Å². The summed E-state index contributed by atoms with van der Waals surface area (Å²) < 4.78 is 7.73. The molecular weight excluding hydrogens is 410 g/mol. The van der Waals surface area contributed by atoms with Gasteiger partial charge in [0, 0.05) is 32.8 Å². The average Bonchev–Trinajstić information content (AvgIpc) is 3.33. The normalized spacial score (nSPS) is 11.8. The van der Waals surface area contributed by atoms with Crippen molar-refractivity contribution in [3.05, 3.63) is 88.4 Å². The summed E-state index contributed by atoms with van der Waals surface area (Å²) in [7, 11) is 0. The molecule has 0 aliphatic carbocycles. The molecule has 0 radical (unpaired) electrons. The van der Waals surface area contributed by atoms with Gasteiger partial charge in [-0.3, -0.25) is 4.98 Å². The fraction of sp³-hybridized carbons (Fsp3) is 0.138. The van der Waals surface area contributed by atoms with Gasteiger partial charge in [-0.05, 0) is 90.5 Å². The van der Waals surface area contributed by atoms with Crippen molar-refractivity contribution in [2.24, 2.45) is 0 Å². The Morgan fingerprint density at radius 3 is 2.28 bits per heavy atom. The summed E-state index contributed by atoms with van der Waals surface area (Å²) in [6, 6.07) is 19.4. The molecule has 6 rings (SSSR count). The Morgan fingerprint density at radius 2 is 1.50 bits per heavy atom. The Morgan fingerprint density at radius 1 is 0.719 bits per heavy atom. The summed E-state index contributed by atoms with van der Waals surface area (Å²) in [6.45, 7) is 8.65. The van der Waals surface area contributed by atoms with Gasteiger partial charge >= 0.3 is 0 Å². The third kappa shape index (κ3) is 2.81. The highest BCUT2D eigenvalue weighted by atomic mass is 32.1. The second-order valence-corrected chi connectivity index (χ2v) is 9.61. The minimum absolute atomic E-state index is 0.907. The zero-order valence-corrected chi connectivity index (χ0v) is 19.4. The summed E-state index contributed by atoms with van der Waals surface area (Å²) in [5.74, 6) is 0. The monoisotopic (exact) mass is 433 g/mol. The number of benzene rings is 3. The van der Waals surface area contributed by atoms with Crippen molar-refractivity contribution in [3.63, 3.8) is 0 Å². The molecule has 32 heavy (non-hydrogen) atoms. The molecule has 6 aromatic rings. The molecule has 0 aliphatic rings. The van der Waals surface area contributed by atoms with E-state index in [1.807, 2.05) is 6.20 Å². The predicted molar refractivity (Wildman–Crippen MR) is 137 cm³/mol. The van der Waals surface area contributed by atoms with Crippen molar-refractivity contribution >= 4 is 43.4 Å². The van der Waals surface area contributed by atoms with Crippen LogP contribution in [0.15, 0.2) is 70.6 Å². The van der Waals surface area contributed by atoms with Gasteiger partial charge in [-0.2, -0.15) is 0 Å². The fourth-order valence-corrected chi connectivity index (χ4v) is 5.81. The summed E-state index contributed by atoms with van der Waals surface area (Å²) in [5, 5.41) is 5.79. The average molecular weight is 434 g/mol. The first-order valence-electron chi connectivity index (χ1n) is 10.9. The molecule has 156 valence electrons. The third-order valence-corrected chi connectivity index (χ3v) is 7.59. The van der Waals surface area contributed by atoms with Gasteiger partial charge < -0.3 is 4.42 Å². The maximum absolute atomic E-state index is 6.43. The van der Waals surface area contributed by atoms with Crippen LogP contribution < -0.4 is 0 Å². The van der Waals surface area contributed by atoms with Crippen molar-refractivity contribution in [1.82, 2.24) is 4.98 Å². The minimum Gasteiger partial charge on any atom is -0.455 e. The SMILES string of the molecule is Cc1cc(-c2cccc3c2oc2cc4c(C)csc4cc23)ncc1-c1c(C)cccc1C. The minimum atomic E-state index is 0.907. The van der Waals surface area contributed by atoms with E-state index in [1.165, 1.54) is 48.9 Å². The van der Waals surface area contributed by atoms with Crippen molar-refractivity contribution in [2.45, 2.75) is 27.7 Å². The molecule has 0 N–H and O–H groups in total. The molecular formula is C29H23NOS. The number of aromatic nitrogens is 1. The number of furan rings is 1. The molecule has 0 bridgehead atoms. The first-order valence-corrected chi connectivity index (χ1v) is 11.8. The molecule has 3 aromatic carbocycles. The van der Waals surface area contributed by atoms with Crippen LogP contribution in [0, 0.1) is 27.7 Å². The van der Waals surface area contributed by atoms with Crippen LogP contribution >= 0.6 is 11.3 Å². The van der Waals surface area contributed by atoms with E-state index in [2.05, 4.69) is 87.7 Å². The number of fused-ring (bicyclic) bond motifs is 4. The van der Waals surface area contributed by atoms with E-state index < -0.39 is 0 Å². The molecule has 0 unspecified atom stereocenters. The lowest BCUT2D eigenvalue weighted by atomic mass is 9.93. The molecule has 0 aliphatic heterocycles. The Bertz CT molecular complexity index is 1650. The van der Waals surface area contributed by atoms with Crippen LogP contribution in [0.3, 0.4) is 0 Å². The van der Waals surface area contributed by atoms with Crippen LogP contribution in [0.1, 0.15) is 22.3 Å². The van der Waals surface area contributed by atoms with Gasteiger partial charge in [-0.25, -0.2) is 0 Å². The van der Waals surface area contributed by atoms with Crippen LogP contribution in [-0.2, 0) is 0 Å². The number of hydrogen-bond donors (Lipinski definition) is 0. The van der Waals surface area contributed by atoms with E-state index in [-0.39, 0.29) is 0 Å². The molecule has 0 spiro atoms. The van der Waals surface area contributed by atoms with E-state index in [0.29, 0.717) is 0 Å². The molecule has 3 heteroatoms. The number of aryl methyl sites for hydroxylation is 4. The maximum atomic E-state index is 6.43. The molecule has 0 saturated carbocycles. The number of para-hydroxylation sites is 1. The Balaban J connectivity index is 1.55. The predicted octanol–water partition coefficient (Wildman–Crippen LogP) is 8.76. The quantitative estimate of drug-likeness (QED) is 0.273. The first-order chi connectivity index (χ1) is 15.5. The van der Waals surface area contributed by atoms with Crippen molar-refractivity contribution < 1.29 is 4.42 Å². The summed E-state index contributed by atoms with van der Waals surface area (Å²) in [4.78, 5) is 4.89. The molecule has 0 fully saturated rings. The van der Waals surface area contributed by atoms with E-state index in [9.17, 15) is 0 Å². The molecule has 0 saturated heterocycles. The van der Waals surface area contributed by atoms with Crippen LogP contribution in [0.5, 0.6) is 0 Å². The van der Waals surface area contributed by atoms with Gasteiger partial charge in [0.25, 0.3) is 0 Å². The molecule has 0 atom stereocenters. The van der Waals surface area contributed by atoms with Gasteiger partial charge in [0.2, 0.25) is 0 Å². The highest BCUT2D eigenvalue weighted by Gasteiger charge is 2.16. The van der Waals surface area contributed by atoms with Crippen LogP contribution in [0.25, 0.3) is 54.4 Å². The second-order valence-electron chi connectivity index (χ2n) is 8.70. The standard InChI is InChI=1S/C29H23NOS/c1-16-7-5-8-17(2)28(16)24-14-30-25(11-18(24)3)21-10-6-9-20-23-13-27-22(19(4)15-32-27)12-26(23)31-29(20)21/h5-15H,1-4H3. The summed E-state index contributed by atoms with van der Waals surface area (Å²) in [6.07, 6.45) is 2.01. The van der Waals surface area contributed by atoms with Crippen molar-refractivity contribution in [3.8, 4) is 22.4 Å². The third-order valence-electron chi connectivity index (χ3n) is 6.52. The van der Waals surface area contributed by atoms with E-state index in [0.717, 1.165) is 27.8 Å². The first kappa shape index (κ1) is 19.3. The Hall–Kier alpha value is -3.43. The summed E-state index contributed by atoms with van der Waals surface area (Å²) >= 11 is 1.79. The number of nitrogens with zero attached hydrogens (tertiary/aromatic N) is 1. The topological polar surface area (TPSA) is 26.0 Å². The van der Waals surface area contributed by atoms with Crippen LogP contribution in [0.2, 0.25) is 0 Å². The number of hydrogen-bond acceptors (Lipinski definition) is 3. The lowest BCUT2D eigenvalue weighted by Crippen LogP contribution is -1.94. The molecule has 2 nitrogen and oxygen atoms in total. The van der Waals surface area contributed by atoms with Gasteiger partial charge in [0.1, 0.15) is 11.2 Å². The number of pyridine rings is 1. The van der Waals surface area contributed by atoms with Crippen molar-refractivity contribution in [2.75, 3.05) is 0 Å². The zero-order chi connectivity index (χ0) is 22.0. The Kier molecular flexibility index (Phi) is 4.24. The molecule has 3 heterocycles. The Labute approximate surface area is 191 Å². The smallest absolute Gasteiger partial charge is 0.144 e. The lowest BCUT2D eigenvalue weighted by molar-refractivity contribution is 0.670. The molecule has 3 aromatic heterocycles. The van der Waals surface area contributed by atoms with E-state index in [4.69, 9.17) is 9.40 Å². The fourth-order valence-electron chi connectivity index (χ4n) is 4.85.